The zero-order valence-electron chi connectivity index (χ0n) is 14.3. The maximum Gasteiger partial charge on any atom is 0.338 e. The van der Waals surface area contributed by atoms with Crippen molar-refractivity contribution in [2.75, 3.05) is 0 Å². The molecule has 0 saturated carbocycles. The van der Waals surface area contributed by atoms with Crippen molar-refractivity contribution in [2.45, 2.75) is 64.0 Å². The van der Waals surface area contributed by atoms with Crippen LogP contribution in [0.4, 0.5) is 5.69 Å². The Hall–Kier alpha value is -2.03. The van der Waals surface area contributed by atoms with Gasteiger partial charge in [-0.25, -0.2) is 4.79 Å². The topological polar surface area (TPSA) is 97.1 Å². The number of hydrogen-bond donors (Lipinski definition) is 0. The molecule has 0 bridgehead atoms. The molecule has 2 heterocycles. The number of carbonyl (C=O) groups excluding carboxylic acids is 1. The summed E-state index contributed by atoms with van der Waals surface area (Å²) in [5, 5.41) is 10.7. The molecular weight excluding hydrogens is 330 g/mol. The van der Waals surface area contributed by atoms with Crippen LogP contribution >= 0.6 is 0 Å². The van der Waals surface area contributed by atoms with E-state index in [1.54, 1.807) is 0 Å². The van der Waals surface area contributed by atoms with E-state index in [2.05, 4.69) is 0 Å². The molecule has 136 valence electrons. The summed E-state index contributed by atoms with van der Waals surface area (Å²) in [4.78, 5) is 22.4. The molecule has 2 fully saturated rings. The Morgan fingerprint density at radius 2 is 2.04 bits per heavy atom. The van der Waals surface area contributed by atoms with Crippen molar-refractivity contribution in [3.05, 3.63) is 39.9 Å². The molecule has 8 nitrogen and oxygen atoms in total. The zero-order valence-corrected chi connectivity index (χ0v) is 14.3. The van der Waals surface area contributed by atoms with Crippen LogP contribution in [0.1, 0.15) is 44.0 Å². The normalized spacial score (nSPS) is 28.4. The first kappa shape index (κ1) is 17.8. The largest absolute Gasteiger partial charge is 0.456 e. The second kappa shape index (κ2) is 6.70. The van der Waals surface area contributed by atoms with Crippen molar-refractivity contribution < 1.29 is 28.7 Å². The van der Waals surface area contributed by atoms with Gasteiger partial charge in [0.15, 0.2) is 12.1 Å². The van der Waals surface area contributed by atoms with E-state index in [-0.39, 0.29) is 23.5 Å². The predicted octanol–water partition coefficient (Wildman–Crippen LogP) is 2.80. The van der Waals surface area contributed by atoms with E-state index in [1.165, 1.54) is 24.3 Å². The first-order chi connectivity index (χ1) is 11.8. The molecule has 3 rings (SSSR count). The monoisotopic (exact) mass is 351 g/mol. The highest BCUT2D eigenvalue weighted by Crippen LogP contribution is 2.38. The Bertz CT molecular complexity index is 641. The minimum Gasteiger partial charge on any atom is -0.456 e. The summed E-state index contributed by atoms with van der Waals surface area (Å²) in [5.74, 6) is -1.21. The molecule has 25 heavy (non-hydrogen) atoms. The molecule has 0 aromatic heterocycles. The standard InChI is InChI=1S/C17H21NO7/c1-4-12(13-9-14-16(23-13)25-17(2,3)24-14)22-15(19)10-5-7-11(8-6-10)18(20)21/h5-8,12-14,16H,4,9H2,1-3H3/t12-,13-,14+,16+/m0/s1. The minimum absolute atomic E-state index is 0.0764. The van der Waals surface area contributed by atoms with Crippen LogP contribution in [0.3, 0.4) is 0 Å². The van der Waals surface area contributed by atoms with E-state index in [0.717, 1.165) is 0 Å². The van der Waals surface area contributed by atoms with Gasteiger partial charge in [-0.15, -0.1) is 0 Å². The van der Waals surface area contributed by atoms with E-state index in [4.69, 9.17) is 18.9 Å². The molecule has 1 aromatic rings. The van der Waals surface area contributed by atoms with Crippen LogP contribution in [0.25, 0.3) is 0 Å². The van der Waals surface area contributed by atoms with Gasteiger partial charge < -0.3 is 18.9 Å². The van der Waals surface area contributed by atoms with Gasteiger partial charge in [0.1, 0.15) is 18.3 Å². The molecule has 1 aromatic carbocycles. The average molecular weight is 351 g/mol. The number of hydrogen-bond acceptors (Lipinski definition) is 7. The number of benzene rings is 1. The molecule has 2 saturated heterocycles. The number of nitro groups is 1. The Morgan fingerprint density at radius 3 is 2.60 bits per heavy atom. The second-order valence-electron chi connectivity index (χ2n) is 6.61. The average Bonchev–Trinajstić information content (AvgIpc) is 3.05. The Balaban J connectivity index is 1.61. The number of fused-ring (bicyclic) bond motifs is 1. The molecule has 8 heteroatoms. The van der Waals surface area contributed by atoms with E-state index >= 15 is 0 Å². The van der Waals surface area contributed by atoms with Crippen LogP contribution in [0, 0.1) is 10.1 Å². The molecule has 0 aliphatic carbocycles. The van der Waals surface area contributed by atoms with Crippen LogP contribution in [-0.2, 0) is 18.9 Å². The highest BCUT2D eigenvalue weighted by atomic mass is 16.8. The van der Waals surface area contributed by atoms with Crippen molar-refractivity contribution in [1.29, 1.82) is 0 Å². The summed E-state index contributed by atoms with van der Waals surface area (Å²) in [7, 11) is 0. The maximum atomic E-state index is 12.3. The van der Waals surface area contributed by atoms with E-state index in [9.17, 15) is 14.9 Å². The van der Waals surface area contributed by atoms with Crippen LogP contribution in [0.5, 0.6) is 0 Å². The summed E-state index contributed by atoms with van der Waals surface area (Å²) in [5.41, 5.74) is 0.184. The quantitative estimate of drug-likeness (QED) is 0.457. The number of nitro benzene ring substituents is 1. The molecule has 4 atom stereocenters. The van der Waals surface area contributed by atoms with E-state index < -0.39 is 29.1 Å². The molecule has 2 aliphatic heterocycles. The number of ether oxygens (including phenoxy) is 4. The van der Waals surface area contributed by atoms with Gasteiger partial charge in [0.25, 0.3) is 5.69 Å². The van der Waals surface area contributed by atoms with Crippen molar-refractivity contribution in [3.63, 3.8) is 0 Å². The van der Waals surface area contributed by atoms with Gasteiger partial charge >= 0.3 is 5.97 Å². The first-order valence-corrected chi connectivity index (χ1v) is 8.25. The Labute approximate surface area is 145 Å². The first-order valence-electron chi connectivity index (χ1n) is 8.25. The lowest BCUT2D eigenvalue weighted by molar-refractivity contribution is -0.384. The Kier molecular flexibility index (Phi) is 4.77. The third-order valence-electron chi connectivity index (χ3n) is 4.30. The van der Waals surface area contributed by atoms with Crippen molar-refractivity contribution >= 4 is 11.7 Å². The van der Waals surface area contributed by atoms with Crippen LogP contribution in [0.15, 0.2) is 24.3 Å². The molecule has 0 radical (unpaired) electrons. The summed E-state index contributed by atoms with van der Waals surface area (Å²) >= 11 is 0. The number of rotatable bonds is 5. The SMILES string of the molecule is CC[C@H](OC(=O)c1ccc([N+](=O)[O-])cc1)[C@@H]1C[C@H]2OC(C)(C)O[C@H]2O1. The highest BCUT2D eigenvalue weighted by Gasteiger charge is 2.50. The predicted molar refractivity (Wildman–Crippen MR) is 85.9 cm³/mol. The van der Waals surface area contributed by atoms with Gasteiger partial charge in [0, 0.05) is 18.6 Å². The third kappa shape index (κ3) is 3.81. The molecular formula is C17H21NO7. The van der Waals surface area contributed by atoms with Gasteiger partial charge in [-0.1, -0.05) is 6.92 Å². The molecule has 0 amide bonds. The van der Waals surface area contributed by atoms with E-state index in [1.807, 2.05) is 20.8 Å². The zero-order chi connectivity index (χ0) is 18.2. The lowest BCUT2D eigenvalue weighted by Crippen LogP contribution is -2.33. The number of nitrogens with zero attached hydrogens (tertiary/aromatic N) is 1. The fourth-order valence-electron chi connectivity index (χ4n) is 3.12. The van der Waals surface area contributed by atoms with Crippen molar-refractivity contribution in [2.24, 2.45) is 0 Å². The molecule has 2 aliphatic rings. The third-order valence-corrected chi connectivity index (χ3v) is 4.30. The summed E-state index contributed by atoms with van der Waals surface area (Å²) in [6.45, 7) is 5.56. The van der Waals surface area contributed by atoms with Crippen LogP contribution in [0.2, 0.25) is 0 Å². The smallest absolute Gasteiger partial charge is 0.338 e. The highest BCUT2D eigenvalue weighted by molar-refractivity contribution is 5.89. The van der Waals surface area contributed by atoms with Gasteiger partial charge in [-0.3, -0.25) is 10.1 Å². The molecule has 0 spiro atoms. The number of carbonyl (C=O) groups is 1. The summed E-state index contributed by atoms with van der Waals surface area (Å²) < 4.78 is 22.8. The fraction of sp³-hybridized carbons (Fsp3) is 0.588. The Morgan fingerprint density at radius 1 is 1.36 bits per heavy atom. The number of non-ortho nitro benzene ring substituents is 1. The molecule has 0 N–H and O–H groups in total. The maximum absolute atomic E-state index is 12.3. The lowest BCUT2D eigenvalue weighted by atomic mass is 10.1. The summed E-state index contributed by atoms with van der Waals surface area (Å²) in [6.07, 6.45) is -0.215. The minimum atomic E-state index is -0.669. The van der Waals surface area contributed by atoms with Crippen molar-refractivity contribution in [3.8, 4) is 0 Å². The van der Waals surface area contributed by atoms with Gasteiger partial charge in [-0.05, 0) is 32.4 Å². The van der Waals surface area contributed by atoms with Gasteiger partial charge in [-0.2, -0.15) is 0 Å². The summed E-state index contributed by atoms with van der Waals surface area (Å²) in [6, 6.07) is 5.31. The fourth-order valence-corrected chi connectivity index (χ4v) is 3.12. The second-order valence-corrected chi connectivity index (χ2v) is 6.61. The lowest BCUT2D eigenvalue weighted by Gasteiger charge is -2.25. The van der Waals surface area contributed by atoms with Gasteiger partial charge in [0.2, 0.25) is 0 Å². The number of esters is 1. The van der Waals surface area contributed by atoms with Crippen molar-refractivity contribution in [1.82, 2.24) is 0 Å². The van der Waals surface area contributed by atoms with Gasteiger partial charge in [0.05, 0.1) is 10.5 Å². The molecule has 0 unspecified atom stereocenters. The van der Waals surface area contributed by atoms with Crippen LogP contribution in [-0.4, -0.2) is 41.3 Å². The van der Waals surface area contributed by atoms with Crippen LogP contribution < -0.4 is 0 Å². The van der Waals surface area contributed by atoms with E-state index in [0.29, 0.717) is 12.8 Å².